The fourth-order valence-electron chi connectivity index (χ4n) is 3.45. The van der Waals surface area contributed by atoms with Crippen LogP contribution in [0.25, 0.3) is 11.3 Å². The van der Waals surface area contributed by atoms with Gasteiger partial charge < -0.3 is 5.32 Å². The molecule has 3 heterocycles. The number of fused-ring (bicyclic) bond motifs is 2. The number of non-ortho nitro benzene ring substituents is 1. The lowest BCUT2D eigenvalue weighted by Gasteiger charge is -2.27. The summed E-state index contributed by atoms with van der Waals surface area (Å²) in [6, 6.07) is 12.9. The number of nitrogens with one attached hydrogen (secondary N) is 2. The summed E-state index contributed by atoms with van der Waals surface area (Å²) >= 11 is 3.41. The number of tetrazole rings is 1. The molecule has 0 fully saturated rings. The van der Waals surface area contributed by atoms with Crippen LogP contribution in [0.1, 0.15) is 17.2 Å². The van der Waals surface area contributed by atoms with E-state index in [-0.39, 0.29) is 17.3 Å². The SMILES string of the molecule is O=c1[nH]nc(-c2ccc(Br)cc2)c2c1Nc1nnnn1C2c1ccc([N+](=O)[O-])cc1. The second-order valence-corrected chi connectivity index (χ2v) is 7.44. The second-order valence-electron chi connectivity index (χ2n) is 6.52. The molecular formula is C18H11BrN8O3. The van der Waals surface area contributed by atoms with Crippen LogP contribution >= 0.6 is 15.9 Å². The van der Waals surface area contributed by atoms with Crippen LogP contribution in [-0.4, -0.2) is 35.3 Å². The van der Waals surface area contributed by atoms with E-state index in [0.717, 1.165) is 10.0 Å². The van der Waals surface area contributed by atoms with Gasteiger partial charge >= 0.3 is 0 Å². The molecule has 0 spiro atoms. The lowest BCUT2D eigenvalue weighted by Crippen LogP contribution is -2.29. The Balaban J connectivity index is 1.77. The number of benzene rings is 2. The predicted molar refractivity (Wildman–Crippen MR) is 109 cm³/mol. The summed E-state index contributed by atoms with van der Waals surface area (Å²) < 4.78 is 2.42. The summed E-state index contributed by atoms with van der Waals surface area (Å²) in [5.41, 5.74) is 2.35. The number of rotatable bonds is 3. The van der Waals surface area contributed by atoms with Crippen LogP contribution in [0.15, 0.2) is 57.8 Å². The van der Waals surface area contributed by atoms with Crippen molar-refractivity contribution in [2.24, 2.45) is 0 Å². The topological polar surface area (TPSA) is 145 Å². The first-order valence-electron chi connectivity index (χ1n) is 8.70. The summed E-state index contributed by atoms with van der Waals surface area (Å²) in [6.07, 6.45) is 0. The number of nitro groups is 1. The lowest BCUT2D eigenvalue weighted by atomic mass is 9.92. The standard InChI is InChI=1S/C18H11BrN8O3/c19-11-5-1-9(2-6-11)14-13-15(17(28)22-21-14)20-18-23-24-25-26(18)16(13)10-3-7-12(8-4-10)27(29)30/h1-8,16H,(H,22,28)(H,20,23,25). The third-order valence-corrected chi connectivity index (χ3v) is 5.33. The van der Waals surface area contributed by atoms with Crippen molar-refractivity contribution >= 4 is 33.3 Å². The van der Waals surface area contributed by atoms with Crippen LogP contribution < -0.4 is 10.9 Å². The zero-order chi connectivity index (χ0) is 20.8. The predicted octanol–water partition coefficient (Wildman–Crippen LogP) is 2.79. The van der Waals surface area contributed by atoms with E-state index in [2.05, 4.69) is 47.0 Å². The highest BCUT2D eigenvalue weighted by Gasteiger charge is 2.34. The number of hydrogen-bond acceptors (Lipinski definition) is 8. The first kappa shape index (κ1) is 18.1. The molecule has 1 aliphatic rings. The number of H-pyrrole nitrogens is 1. The number of hydrogen-bond donors (Lipinski definition) is 2. The monoisotopic (exact) mass is 466 g/mol. The summed E-state index contributed by atoms with van der Waals surface area (Å²) in [5.74, 6) is 0.282. The van der Waals surface area contributed by atoms with E-state index in [0.29, 0.717) is 16.8 Å². The molecule has 4 aromatic rings. The molecule has 0 bridgehead atoms. The quantitative estimate of drug-likeness (QED) is 0.305. The van der Waals surface area contributed by atoms with Gasteiger partial charge in [-0.05, 0) is 40.3 Å². The Labute approximate surface area is 176 Å². The fraction of sp³-hybridized carbons (Fsp3) is 0.0556. The first-order chi connectivity index (χ1) is 14.5. The highest BCUT2D eigenvalue weighted by Crippen LogP contribution is 2.41. The average molecular weight is 467 g/mol. The minimum Gasteiger partial charge on any atom is -0.318 e. The van der Waals surface area contributed by atoms with Gasteiger partial charge in [0.2, 0.25) is 5.95 Å². The molecule has 1 unspecified atom stereocenters. The van der Waals surface area contributed by atoms with Crippen molar-refractivity contribution in [3.05, 3.63) is 84.6 Å². The summed E-state index contributed by atoms with van der Waals surface area (Å²) in [7, 11) is 0. The molecule has 0 aliphatic carbocycles. The molecule has 30 heavy (non-hydrogen) atoms. The van der Waals surface area contributed by atoms with E-state index in [1.807, 2.05) is 24.3 Å². The van der Waals surface area contributed by atoms with Crippen LogP contribution in [-0.2, 0) is 0 Å². The van der Waals surface area contributed by atoms with Gasteiger partial charge in [0.25, 0.3) is 11.2 Å². The normalized spacial score (nSPS) is 14.5. The van der Waals surface area contributed by atoms with Crippen molar-refractivity contribution in [1.29, 1.82) is 0 Å². The summed E-state index contributed by atoms with van der Waals surface area (Å²) in [6.45, 7) is 0. The maximum absolute atomic E-state index is 12.6. The van der Waals surface area contributed by atoms with Crippen molar-refractivity contribution < 1.29 is 4.92 Å². The Morgan fingerprint density at radius 1 is 1.10 bits per heavy atom. The molecule has 1 atom stereocenters. The second kappa shape index (κ2) is 6.84. The van der Waals surface area contributed by atoms with Gasteiger partial charge in [0.1, 0.15) is 11.7 Å². The molecule has 0 saturated carbocycles. The number of aromatic nitrogens is 6. The van der Waals surface area contributed by atoms with Gasteiger partial charge in [-0.1, -0.05) is 33.2 Å². The Bertz CT molecular complexity index is 1330. The zero-order valence-corrected chi connectivity index (χ0v) is 16.6. The molecule has 2 aromatic heterocycles. The van der Waals surface area contributed by atoms with Gasteiger partial charge in [-0.2, -0.15) is 9.78 Å². The molecule has 0 radical (unpaired) electrons. The van der Waals surface area contributed by atoms with E-state index in [4.69, 9.17) is 0 Å². The number of nitro benzene ring substituents is 1. The minimum absolute atomic E-state index is 0.0398. The van der Waals surface area contributed by atoms with Gasteiger partial charge in [-0.15, -0.1) is 0 Å². The first-order valence-corrected chi connectivity index (χ1v) is 9.50. The molecule has 1 aliphatic heterocycles. The maximum atomic E-state index is 12.6. The molecule has 11 nitrogen and oxygen atoms in total. The lowest BCUT2D eigenvalue weighted by molar-refractivity contribution is -0.384. The van der Waals surface area contributed by atoms with Crippen LogP contribution in [0.3, 0.4) is 0 Å². The Hall–Kier alpha value is -3.93. The highest BCUT2D eigenvalue weighted by molar-refractivity contribution is 9.10. The largest absolute Gasteiger partial charge is 0.318 e. The van der Waals surface area contributed by atoms with Crippen LogP contribution in [0.4, 0.5) is 17.3 Å². The third kappa shape index (κ3) is 2.85. The van der Waals surface area contributed by atoms with Gasteiger partial charge in [0, 0.05) is 27.7 Å². The van der Waals surface area contributed by atoms with Gasteiger partial charge in [-0.3, -0.25) is 14.9 Å². The van der Waals surface area contributed by atoms with E-state index in [1.54, 1.807) is 12.1 Å². The highest BCUT2D eigenvalue weighted by atomic mass is 79.9. The number of nitrogens with zero attached hydrogens (tertiary/aromatic N) is 6. The van der Waals surface area contributed by atoms with Gasteiger partial charge in [0.05, 0.1) is 10.6 Å². The zero-order valence-electron chi connectivity index (χ0n) is 15.0. The number of aromatic amines is 1. The van der Waals surface area contributed by atoms with Crippen molar-refractivity contribution in [2.75, 3.05) is 5.32 Å². The van der Waals surface area contributed by atoms with E-state index >= 15 is 0 Å². The van der Waals surface area contributed by atoms with Crippen molar-refractivity contribution in [2.45, 2.75) is 6.04 Å². The molecule has 148 valence electrons. The van der Waals surface area contributed by atoms with Crippen LogP contribution in [0, 0.1) is 10.1 Å². The summed E-state index contributed by atoms with van der Waals surface area (Å²) in [4.78, 5) is 23.2. The van der Waals surface area contributed by atoms with Gasteiger partial charge in [0.15, 0.2) is 0 Å². The average Bonchev–Trinajstić information content (AvgIpc) is 3.22. The molecule has 2 aromatic carbocycles. The summed E-state index contributed by atoms with van der Waals surface area (Å²) in [5, 5.41) is 32.5. The van der Waals surface area contributed by atoms with Crippen LogP contribution in [0.2, 0.25) is 0 Å². The van der Waals surface area contributed by atoms with Gasteiger partial charge in [-0.25, -0.2) is 5.10 Å². The number of halogens is 1. The fourth-order valence-corrected chi connectivity index (χ4v) is 3.72. The van der Waals surface area contributed by atoms with Crippen molar-refractivity contribution in [3.8, 4) is 11.3 Å². The van der Waals surface area contributed by atoms with E-state index < -0.39 is 16.5 Å². The molecule has 5 rings (SSSR count). The molecule has 0 saturated heterocycles. The van der Waals surface area contributed by atoms with E-state index in [9.17, 15) is 14.9 Å². The van der Waals surface area contributed by atoms with E-state index in [1.165, 1.54) is 16.8 Å². The smallest absolute Gasteiger partial charge is 0.288 e. The molecule has 2 N–H and O–H groups in total. The van der Waals surface area contributed by atoms with Crippen molar-refractivity contribution in [1.82, 2.24) is 30.4 Å². The van der Waals surface area contributed by atoms with Crippen LogP contribution in [0.5, 0.6) is 0 Å². The third-order valence-electron chi connectivity index (χ3n) is 4.81. The molecular weight excluding hydrogens is 456 g/mol. The van der Waals surface area contributed by atoms with Crippen molar-refractivity contribution in [3.63, 3.8) is 0 Å². The minimum atomic E-state index is -0.611. The molecule has 12 heteroatoms. The maximum Gasteiger partial charge on any atom is 0.288 e. The Morgan fingerprint density at radius 3 is 2.53 bits per heavy atom. The Kier molecular flexibility index (Phi) is 4.13. The Morgan fingerprint density at radius 2 is 1.83 bits per heavy atom. The molecule has 0 amide bonds. The number of anilines is 2.